The average molecular weight is 401 g/mol. The molecule has 0 aliphatic rings. The largest absolute Gasteiger partial charge is 0.472 e. The fourth-order valence-corrected chi connectivity index (χ4v) is 4.62. The normalized spacial score (nSPS) is 12.6. The van der Waals surface area contributed by atoms with E-state index in [9.17, 15) is 21.6 Å². The molecular formula is C17H14F3NO3S2. The summed E-state index contributed by atoms with van der Waals surface area (Å²) in [5.74, 6) is 0. The summed E-state index contributed by atoms with van der Waals surface area (Å²) in [6, 6.07) is 8.94. The number of hydrogen-bond donors (Lipinski definition) is 0. The summed E-state index contributed by atoms with van der Waals surface area (Å²) in [5, 5.41) is 1.81. The molecule has 0 bridgehead atoms. The Kier molecular flexibility index (Phi) is 5.22. The van der Waals surface area contributed by atoms with E-state index < -0.39 is 26.7 Å². The number of hydrogen-bond acceptors (Lipinski definition) is 4. The van der Waals surface area contributed by atoms with E-state index in [2.05, 4.69) is 0 Å². The molecule has 2 heterocycles. The molecule has 0 fully saturated rings. The van der Waals surface area contributed by atoms with Crippen LogP contribution in [0.1, 0.15) is 16.0 Å². The van der Waals surface area contributed by atoms with Crippen molar-refractivity contribution in [3.05, 3.63) is 76.4 Å². The molecule has 138 valence electrons. The number of nitrogens with zero attached hydrogens (tertiary/aromatic N) is 1. The van der Waals surface area contributed by atoms with Crippen LogP contribution in [0.4, 0.5) is 13.2 Å². The molecule has 3 rings (SSSR count). The van der Waals surface area contributed by atoms with E-state index in [1.165, 1.54) is 29.9 Å². The Labute approximate surface area is 152 Å². The second-order valence-corrected chi connectivity index (χ2v) is 8.48. The molecule has 0 radical (unpaired) electrons. The minimum absolute atomic E-state index is 0.00697. The lowest BCUT2D eigenvalue weighted by atomic mass is 10.2. The SMILES string of the molecule is O=S(=O)(c1cccc(C(F)(F)F)c1)N(Cc1ccoc1)Cc1cccs1. The molecular weight excluding hydrogens is 387 g/mol. The lowest BCUT2D eigenvalue weighted by Crippen LogP contribution is -2.30. The first-order chi connectivity index (χ1) is 12.3. The van der Waals surface area contributed by atoms with E-state index in [4.69, 9.17) is 4.42 Å². The van der Waals surface area contributed by atoms with Crippen LogP contribution in [0, 0.1) is 0 Å². The molecule has 9 heteroatoms. The van der Waals surface area contributed by atoms with Gasteiger partial charge in [-0.1, -0.05) is 12.1 Å². The number of halogens is 3. The molecule has 0 unspecified atom stereocenters. The van der Waals surface area contributed by atoms with Gasteiger partial charge < -0.3 is 4.42 Å². The Morgan fingerprint density at radius 1 is 1.08 bits per heavy atom. The summed E-state index contributed by atoms with van der Waals surface area (Å²) in [7, 11) is -4.14. The van der Waals surface area contributed by atoms with Crippen molar-refractivity contribution in [1.29, 1.82) is 0 Å². The lowest BCUT2D eigenvalue weighted by Gasteiger charge is -2.21. The van der Waals surface area contributed by atoms with Gasteiger partial charge in [0.25, 0.3) is 0 Å². The molecule has 26 heavy (non-hydrogen) atoms. The Morgan fingerprint density at radius 2 is 1.88 bits per heavy atom. The molecule has 3 aromatic rings. The van der Waals surface area contributed by atoms with Crippen LogP contribution in [-0.4, -0.2) is 12.7 Å². The smallest absolute Gasteiger partial charge is 0.416 e. The van der Waals surface area contributed by atoms with Gasteiger partial charge in [0.1, 0.15) is 0 Å². The van der Waals surface area contributed by atoms with E-state index in [-0.39, 0.29) is 13.1 Å². The van der Waals surface area contributed by atoms with E-state index >= 15 is 0 Å². The van der Waals surface area contributed by atoms with Crippen LogP contribution >= 0.6 is 11.3 Å². The van der Waals surface area contributed by atoms with Crippen molar-refractivity contribution in [1.82, 2.24) is 4.31 Å². The molecule has 0 aliphatic carbocycles. The monoisotopic (exact) mass is 401 g/mol. The molecule has 0 aliphatic heterocycles. The van der Waals surface area contributed by atoms with Crippen LogP contribution in [0.3, 0.4) is 0 Å². The van der Waals surface area contributed by atoms with Crippen molar-refractivity contribution in [2.75, 3.05) is 0 Å². The van der Waals surface area contributed by atoms with Gasteiger partial charge in [-0.2, -0.15) is 17.5 Å². The van der Waals surface area contributed by atoms with Crippen molar-refractivity contribution in [2.24, 2.45) is 0 Å². The molecule has 0 amide bonds. The van der Waals surface area contributed by atoms with Gasteiger partial charge in [0.15, 0.2) is 0 Å². The number of sulfonamides is 1. The zero-order valence-electron chi connectivity index (χ0n) is 13.3. The molecule has 0 saturated carbocycles. The van der Waals surface area contributed by atoms with Crippen LogP contribution in [0.15, 0.2) is 69.7 Å². The maximum absolute atomic E-state index is 13.0. The quantitative estimate of drug-likeness (QED) is 0.599. The first kappa shape index (κ1) is 18.7. The predicted molar refractivity (Wildman–Crippen MR) is 90.9 cm³/mol. The van der Waals surface area contributed by atoms with Gasteiger partial charge in [-0.15, -0.1) is 11.3 Å². The van der Waals surface area contributed by atoms with Crippen molar-refractivity contribution in [3.8, 4) is 0 Å². The number of benzene rings is 1. The van der Waals surface area contributed by atoms with Crippen molar-refractivity contribution >= 4 is 21.4 Å². The molecule has 0 saturated heterocycles. The van der Waals surface area contributed by atoms with Gasteiger partial charge in [-0.05, 0) is 35.7 Å². The highest BCUT2D eigenvalue weighted by Crippen LogP contribution is 2.32. The zero-order chi connectivity index (χ0) is 18.8. The maximum atomic E-state index is 13.0. The summed E-state index contributed by atoms with van der Waals surface area (Å²) in [6.45, 7) is 0.0500. The van der Waals surface area contributed by atoms with E-state index in [0.29, 0.717) is 11.6 Å². The topological polar surface area (TPSA) is 50.5 Å². The van der Waals surface area contributed by atoms with Gasteiger partial charge in [-0.3, -0.25) is 0 Å². The van der Waals surface area contributed by atoms with E-state index in [1.807, 2.05) is 5.38 Å². The Balaban J connectivity index is 1.98. The van der Waals surface area contributed by atoms with Gasteiger partial charge >= 0.3 is 6.18 Å². The Morgan fingerprint density at radius 3 is 2.50 bits per heavy atom. The molecule has 0 N–H and O–H groups in total. The third-order valence-electron chi connectivity index (χ3n) is 3.65. The summed E-state index contributed by atoms with van der Waals surface area (Å²) < 4.78 is 70.9. The summed E-state index contributed by atoms with van der Waals surface area (Å²) in [4.78, 5) is 0.386. The molecule has 0 spiro atoms. The summed E-state index contributed by atoms with van der Waals surface area (Å²) in [6.07, 6.45) is -1.80. The number of thiophene rings is 1. The van der Waals surface area contributed by atoms with Gasteiger partial charge in [0.05, 0.1) is 23.0 Å². The van der Waals surface area contributed by atoms with Gasteiger partial charge in [0.2, 0.25) is 10.0 Å². The highest BCUT2D eigenvalue weighted by molar-refractivity contribution is 7.89. The van der Waals surface area contributed by atoms with Gasteiger partial charge in [-0.25, -0.2) is 8.42 Å². The summed E-state index contributed by atoms with van der Waals surface area (Å²) >= 11 is 1.37. The Hall–Kier alpha value is -2.10. The average Bonchev–Trinajstić information content (AvgIpc) is 3.27. The van der Waals surface area contributed by atoms with E-state index in [0.717, 1.165) is 21.3 Å². The van der Waals surface area contributed by atoms with Crippen LogP contribution in [0.25, 0.3) is 0 Å². The molecule has 2 aromatic heterocycles. The fraction of sp³-hybridized carbons (Fsp3) is 0.176. The van der Waals surface area contributed by atoms with Crippen molar-refractivity contribution < 1.29 is 26.0 Å². The Bertz CT molecular complexity index is 913. The second kappa shape index (κ2) is 7.26. The first-order valence-electron chi connectivity index (χ1n) is 7.48. The summed E-state index contributed by atoms with van der Waals surface area (Å²) in [5.41, 5.74) is -0.393. The van der Waals surface area contributed by atoms with Crippen LogP contribution < -0.4 is 0 Å². The minimum atomic E-state index is -4.62. The van der Waals surface area contributed by atoms with Crippen molar-refractivity contribution in [2.45, 2.75) is 24.2 Å². The first-order valence-corrected chi connectivity index (χ1v) is 9.79. The lowest BCUT2D eigenvalue weighted by molar-refractivity contribution is -0.137. The second-order valence-electron chi connectivity index (χ2n) is 5.51. The van der Waals surface area contributed by atoms with E-state index in [1.54, 1.807) is 18.2 Å². The number of furan rings is 1. The highest BCUT2D eigenvalue weighted by atomic mass is 32.2. The maximum Gasteiger partial charge on any atom is 0.416 e. The predicted octanol–water partition coefficient (Wildman–Crippen LogP) is 4.75. The molecule has 4 nitrogen and oxygen atoms in total. The number of rotatable bonds is 6. The zero-order valence-corrected chi connectivity index (χ0v) is 14.9. The third-order valence-corrected chi connectivity index (χ3v) is 6.30. The van der Waals surface area contributed by atoms with Crippen LogP contribution in [-0.2, 0) is 29.3 Å². The number of alkyl halides is 3. The highest BCUT2D eigenvalue weighted by Gasteiger charge is 2.33. The minimum Gasteiger partial charge on any atom is -0.472 e. The van der Waals surface area contributed by atoms with Crippen LogP contribution in [0.5, 0.6) is 0 Å². The fourth-order valence-electron chi connectivity index (χ4n) is 2.37. The standard InChI is InChI=1S/C17H14F3NO3S2/c18-17(19,20)14-3-1-5-16(9-14)26(22,23)21(10-13-6-7-24-12-13)11-15-4-2-8-25-15/h1-9,12H,10-11H2. The molecule has 0 atom stereocenters. The van der Waals surface area contributed by atoms with Gasteiger partial charge in [0, 0.05) is 23.5 Å². The third kappa shape index (κ3) is 4.17. The van der Waals surface area contributed by atoms with Crippen LogP contribution in [0.2, 0.25) is 0 Å². The molecule has 1 aromatic carbocycles. The van der Waals surface area contributed by atoms with Crippen molar-refractivity contribution in [3.63, 3.8) is 0 Å².